The predicted octanol–water partition coefficient (Wildman–Crippen LogP) is 3.47. The van der Waals surface area contributed by atoms with Crippen molar-refractivity contribution in [2.75, 3.05) is 52.3 Å². The lowest BCUT2D eigenvalue weighted by Crippen LogP contribution is -2.44. The van der Waals surface area contributed by atoms with E-state index in [0.717, 1.165) is 42.2 Å². The number of anilines is 1. The summed E-state index contributed by atoms with van der Waals surface area (Å²) in [5, 5.41) is 10.5. The van der Waals surface area contributed by atoms with Crippen LogP contribution in [0.2, 0.25) is 0 Å². The molecule has 3 rings (SSSR count). The maximum atomic E-state index is 9.28. The van der Waals surface area contributed by atoms with Gasteiger partial charge in [0, 0.05) is 42.7 Å². The second-order valence-corrected chi connectivity index (χ2v) is 7.25. The molecule has 2 heterocycles. The molecule has 26 heavy (non-hydrogen) atoms. The van der Waals surface area contributed by atoms with Crippen LogP contribution >= 0.6 is 11.3 Å². The van der Waals surface area contributed by atoms with Gasteiger partial charge in [0.05, 0.1) is 25.3 Å². The predicted molar refractivity (Wildman–Crippen MR) is 106 cm³/mol. The van der Waals surface area contributed by atoms with E-state index < -0.39 is 0 Å². The molecular weight excluding hydrogens is 346 g/mol. The minimum Gasteiger partial charge on any atom is -0.493 e. The summed E-state index contributed by atoms with van der Waals surface area (Å²) in [5.74, 6) is 1.33. The minimum atomic E-state index is 0.657. The van der Waals surface area contributed by atoms with Crippen LogP contribution in [0.4, 0.5) is 5.00 Å². The van der Waals surface area contributed by atoms with Gasteiger partial charge in [-0.15, -0.1) is 11.3 Å². The third-order valence-electron chi connectivity index (χ3n) is 4.58. The zero-order valence-corrected chi connectivity index (χ0v) is 16.2. The molecule has 0 atom stereocenters. The number of hydrogen-bond donors (Lipinski definition) is 0. The van der Waals surface area contributed by atoms with Crippen molar-refractivity contribution in [1.29, 1.82) is 5.26 Å². The average molecular weight is 369 g/mol. The van der Waals surface area contributed by atoms with Crippen molar-refractivity contribution >= 4 is 21.9 Å². The monoisotopic (exact) mass is 369 g/mol. The van der Waals surface area contributed by atoms with E-state index in [2.05, 4.69) is 35.0 Å². The fraction of sp³-hybridized carbons (Fsp3) is 0.350. The van der Waals surface area contributed by atoms with Crippen LogP contribution in [-0.4, -0.2) is 52.3 Å². The molecule has 0 amide bonds. The SMILES string of the molecule is COc1ccc(/C(=C/C#N)c2ccc(N3CCN(C)CC3)s2)cc1OC. The van der Waals surface area contributed by atoms with E-state index in [-0.39, 0.29) is 0 Å². The molecule has 0 radical (unpaired) electrons. The zero-order valence-electron chi connectivity index (χ0n) is 15.4. The molecule has 0 saturated carbocycles. The lowest BCUT2D eigenvalue weighted by molar-refractivity contribution is 0.313. The van der Waals surface area contributed by atoms with Gasteiger partial charge in [-0.05, 0) is 36.9 Å². The Balaban J connectivity index is 1.90. The van der Waals surface area contributed by atoms with Crippen LogP contribution < -0.4 is 14.4 Å². The first kappa shape index (κ1) is 18.3. The van der Waals surface area contributed by atoms with E-state index in [1.54, 1.807) is 31.6 Å². The van der Waals surface area contributed by atoms with Crippen LogP contribution in [0.5, 0.6) is 11.5 Å². The number of hydrogen-bond acceptors (Lipinski definition) is 6. The number of benzene rings is 1. The van der Waals surface area contributed by atoms with Crippen molar-refractivity contribution in [2.24, 2.45) is 0 Å². The van der Waals surface area contributed by atoms with Gasteiger partial charge in [0.2, 0.25) is 0 Å². The normalized spacial score (nSPS) is 15.6. The molecule has 0 unspecified atom stereocenters. The van der Waals surface area contributed by atoms with Crippen LogP contribution in [0.25, 0.3) is 5.57 Å². The fourth-order valence-electron chi connectivity index (χ4n) is 3.03. The summed E-state index contributed by atoms with van der Waals surface area (Å²) in [5.41, 5.74) is 1.84. The summed E-state index contributed by atoms with van der Waals surface area (Å²) < 4.78 is 10.7. The summed E-state index contributed by atoms with van der Waals surface area (Å²) in [6.45, 7) is 4.21. The number of nitriles is 1. The van der Waals surface area contributed by atoms with Crippen molar-refractivity contribution in [3.63, 3.8) is 0 Å². The van der Waals surface area contributed by atoms with Gasteiger partial charge in [-0.25, -0.2) is 0 Å². The van der Waals surface area contributed by atoms with Gasteiger partial charge < -0.3 is 19.3 Å². The number of nitrogens with zero attached hydrogens (tertiary/aromatic N) is 3. The molecule has 0 bridgehead atoms. The van der Waals surface area contributed by atoms with Gasteiger partial charge in [0.25, 0.3) is 0 Å². The van der Waals surface area contributed by atoms with Crippen molar-refractivity contribution in [3.05, 3.63) is 46.8 Å². The van der Waals surface area contributed by atoms with E-state index >= 15 is 0 Å². The molecule has 136 valence electrons. The molecule has 1 aliphatic rings. The first-order valence-corrected chi connectivity index (χ1v) is 9.33. The van der Waals surface area contributed by atoms with Crippen molar-refractivity contribution in [2.45, 2.75) is 0 Å². The maximum absolute atomic E-state index is 9.28. The molecule has 1 aromatic heterocycles. The van der Waals surface area contributed by atoms with Crippen molar-refractivity contribution in [1.82, 2.24) is 4.90 Å². The Labute approximate surface area is 158 Å². The highest BCUT2D eigenvalue weighted by molar-refractivity contribution is 7.17. The molecule has 0 aliphatic carbocycles. The second-order valence-electron chi connectivity index (χ2n) is 6.19. The highest BCUT2D eigenvalue weighted by atomic mass is 32.1. The first-order valence-electron chi connectivity index (χ1n) is 8.52. The van der Waals surface area contributed by atoms with E-state index in [1.807, 2.05) is 18.2 Å². The average Bonchev–Trinajstić information content (AvgIpc) is 3.16. The first-order chi connectivity index (χ1) is 12.7. The third kappa shape index (κ3) is 3.85. The Hall–Kier alpha value is -2.49. The second kappa shape index (κ2) is 8.26. The van der Waals surface area contributed by atoms with Crippen LogP contribution in [0.3, 0.4) is 0 Å². The number of likely N-dealkylation sites (N-methyl/N-ethyl adjacent to an activating group) is 1. The Morgan fingerprint density at radius 2 is 1.81 bits per heavy atom. The topological polar surface area (TPSA) is 48.7 Å². The van der Waals surface area contributed by atoms with Crippen LogP contribution in [0.1, 0.15) is 10.4 Å². The number of allylic oxidation sites excluding steroid dienone is 1. The molecule has 1 aromatic carbocycles. The van der Waals surface area contributed by atoms with Gasteiger partial charge >= 0.3 is 0 Å². The maximum Gasteiger partial charge on any atom is 0.161 e. The van der Waals surface area contributed by atoms with Gasteiger partial charge in [0.15, 0.2) is 11.5 Å². The summed E-state index contributed by atoms with van der Waals surface area (Å²) in [6, 6.07) is 12.2. The van der Waals surface area contributed by atoms with Crippen molar-refractivity contribution in [3.8, 4) is 17.6 Å². The lowest BCUT2D eigenvalue weighted by atomic mass is 10.0. The van der Waals surface area contributed by atoms with Crippen LogP contribution in [-0.2, 0) is 0 Å². The van der Waals surface area contributed by atoms with Gasteiger partial charge in [-0.3, -0.25) is 0 Å². The highest BCUT2D eigenvalue weighted by Gasteiger charge is 2.18. The molecule has 1 saturated heterocycles. The Kier molecular flexibility index (Phi) is 5.82. The Morgan fingerprint density at radius 3 is 2.46 bits per heavy atom. The molecule has 0 spiro atoms. The highest BCUT2D eigenvalue weighted by Crippen LogP contribution is 2.37. The lowest BCUT2D eigenvalue weighted by Gasteiger charge is -2.32. The number of thiophene rings is 1. The molecule has 1 fully saturated rings. The smallest absolute Gasteiger partial charge is 0.161 e. The molecule has 6 heteroatoms. The molecular formula is C20H23N3O2S. The molecule has 0 N–H and O–H groups in total. The molecule has 2 aromatic rings. The third-order valence-corrected chi connectivity index (χ3v) is 5.75. The summed E-state index contributed by atoms with van der Waals surface area (Å²) >= 11 is 1.72. The Bertz CT molecular complexity index is 830. The number of piperazine rings is 1. The fourth-order valence-corrected chi connectivity index (χ4v) is 4.13. The van der Waals surface area contributed by atoms with Crippen molar-refractivity contribution < 1.29 is 9.47 Å². The summed E-state index contributed by atoms with van der Waals surface area (Å²) in [7, 11) is 5.39. The standard InChI is InChI=1S/C20H23N3O2S/c1-22-10-12-23(13-11-22)20-7-6-19(26-20)16(8-9-21)15-4-5-17(24-2)18(14-15)25-3/h4-8,14H,10-13H2,1-3H3/b16-8-. The molecule has 1 aliphatic heterocycles. The quantitative estimate of drug-likeness (QED) is 0.756. The Morgan fingerprint density at radius 1 is 1.08 bits per heavy atom. The minimum absolute atomic E-state index is 0.657. The largest absolute Gasteiger partial charge is 0.493 e. The van der Waals surface area contributed by atoms with E-state index in [1.165, 1.54) is 5.00 Å². The van der Waals surface area contributed by atoms with E-state index in [0.29, 0.717) is 11.5 Å². The van der Waals surface area contributed by atoms with Gasteiger partial charge in [-0.2, -0.15) is 5.26 Å². The number of methoxy groups -OCH3 is 2. The van der Waals surface area contributed by atoms with Gasteiger partial charge in [-0.1, -0.05) is 6.07 Å². The summed E-state index contributed by atoms with van der Waals surface area (Å²) in [4.78, 5) is 5.83. The van der Waals surface area contributed by atoms with E-state index in [4.69, 9.17) is 9.47 Å². The number of rotatable bonds is 5. The zero-order chi connectivity index (χ0) is 18.5. The van der Waals surface area contributed by atoms with Gasteiger partial charge in [0.1, 0.15) is 0 Å². The molecule has 5 nitrogen and oxygen atoms in total. The van der Waals surface area contributed by atoms with Crippen LogP contribution in [0, 0.1) is 11.3 Å². The van der Waals surface area contributed by atoms with E-state index in [9.17, 15) is 5.26 Å². The summed E-state index contributed by atoms with van der Waals surface area (Å²) in [6.07, 6.45) is 1.60. The number of ether oxygens (including phenoxy) is 2. The van der Waals surface area contributed by atoms with Crippen LogP contribution in [0.15, 0.2) is 36.4 Å².